The van der Waals surface area contributed by atoms with Crippen molar-refractivity contribution in [3.05, 3.63) is 152 Å². The first-order valence-electron chi connectivity index (χ1n) is 12.9. The second kappa shape index (κ2) is 42.1. The standard InChI is InChI=1S/3C8H6N3.3C2H6.3CH3.Ir.3Y/c3*1-2-4-10-8(3-1)11-6-5-9-7-11;3*1-2;;;;;;;/h3*1-6H;3*1-2H3;3*1H3;;;;/q3*-1;;;;3*-1;+3;;;. The van der Waals surface area contributed by atoms with Crippen LogP contribution in [0.4, 0.5) is 0 Å². The van der Waals surface area contributed by atoms with E-state index in [2.05, 4.69) is 48.9 Å². The summed E-state index contributed by atoms with van der Waals surface area (Å²) in [5.74, 6) is 2.51. The van der Waals surface area contributed by atoms with Crippen LogP contribution in [0.5, 0.6) is 0 Å². The van der Waals surface area contributed by atoms with Crippen molar-refractivity contribution in [1.82, 2.24) is 43.6 Å². The van der Waals surface area contributed by atoms with Gasteiger partial charge in [0.05, 0.1) is 17.5 Å². The van der Waals surface area contributed by atoms with Crippen molar-refractivity contribution in [2.45, 2.75) is 41.5 Å². The largest absolute Gasteiger partial charge is 3.00 e. The molecule has 0 fully saturated rings. The molecule has 9 nitrogen and oxygen atoms in total. The van der Waals surface area contributed by atoms with Crippen molar-refractivity contribution in [2.24, 2.45) is 0 Å². The molecule has 0 aliphatic rings. The summed E-state index contributed by atoms with van der Waals surface area (Å²) in [6.45, 7) is 12.0. The molecular weight excluding hydrogens is 981 g/mol. The van der Waals surface area contributed by atoms with E-state index in [0.717, 1.165) is 17.5 Å². The van der Waals surface area contributed by atoms with Gasteiger partial charge in [-0.1, -0.05) is 115 Å². The van der Waals surface area contributed by atoms with Crippen molar-refractivity contribution in [3.63, 3.8) is 0 Å². The average molecular weight is 1030 g/mol. The van der Waals surface area contributed by atoms with Gasteiger partial charge in [0.2, 0.25) is 0 Å². The van der Waals surface area contributed by atoms with Crippen molar-refractivity contribution in [3.8, 4) is 17.5 Å². The third-order valence-corrected chi connectivity index (χ3v) is 4.06. The minimum absolute atomic E-state index is 0. The zero-order valence-electron chi connectivity index (χ0n) is 28.5. The van der Waals surface area contributed by atoms with E-state index >= 15 is 0 Å². The fourth-order valence-corrected chi connectivity index (χ4v) is 2.56. The molecule has 46 heavy (non-hydrogen) atoms. The first-order chi connectivity index (χ1) is 19.4. The zero-order chi connectivity index (χ0) is 28.6. The Hall–Kier alpha value is -0.959. The minimum Gasteiger partial charge on any atom is -0.418 e. The molecule has 0 saturated carbocycles. The van der Waals surface area contributed by atoms with Gasteiger partial charge in [0, 0.05) is 136 Å². The zero-order valence-corrected chi connectivity index (χ0v) is 39.4. The van der Waals surface area contributed by atoms with E-state index in [9.17, 15) is 0 Å². The molecule has 13 heteroatoms. The molecule has 0 N–H and O–H groups in total. The van der Waals surface area contributed by atoms with Gasteiger partial charge in [-0.15, -0.1) is 0 Å². The quantitative estimate of drug-likeness (QED) is 0.170. The fourth-order valence-electron chi connectivity index (χ4n) is 2.56. The monoisotopic (exact) mass is 1030 g/mol. The normalized spacial score (nSPS) is 7.43. The fraction of sp³-hybridized carbons (Fsp3) is 0.182. The van der Waals surface area contributed by atoms with Gasteiger partial charge < -0.3 is 50.9 Å². The summed E-state index contributed by atoms with van der Waals surface area (Å²) in [6, 6.07) is 17.1. The summed E-state index contributed by atoms with van der Waals surface area (Å²) in [6.07, 6.45) is 23.9. The first-order valence-corrected chi connectivity index (χ1v) is 12.9. The van der Waals surface area contributed by atoms with E-state index in [1.807, 2.05) is 115 Å². The molecule has 6 aromatic rings. The topological polar surface area (TPSA) is 92.1 Å². The van der Waals surface area contributed by atoms with Crippen LogP contribution in [0.15, 0.2) is 110 Å². The Morgan fingerprint density at radius 3 is 0.804 bits per heavy atom. The van der Waals surface area contributed by atoms with Crippen LogP contribution in [0.1, 0.15) is 41.5 Å². The van der Waals surface area contributed by atoms with Crippen LogP contribution >= 0.6 is 0 Å². The number of hydrogen-bond acceptors (Lipinski definition) is 6. The van der Waals surface area contributed by atoms with Crippen LogP contribution in [0.2, 0.25) is 0 Å². The van der Waals surface area contributed by atoms with Crippen molar-refractivity contribution >= 4 is 0 Å². The molecule has 0 aromatic carbocycles. The first kappa shape index (κ1) is 60.4. The summed E-state index contributed by atoms with van der Waals surface area (Å²) < 4.78 is 5.21. The van der Waals surface area contributed by atoms with E-state index in [4.69, 9.17) is 0 Å². The number of nitrogens with zero attached hydrogens (tertiary/aromatic N) is 9. The van der Waals surface area contributed by atoms with E-state index in [-0.39, 0.29) is 141 Å². The third kappa shape index (κ3) is 24.2. The Morgan fingerprint density at radius 1 is 0.413 bits per heavy atom. The SMILES string of the molecule is CC.CC.CC.[CH3-].[CH3-].[CH3-].[Ir+3].[Y].[Y].[Y].[c-]1nccn1-c1ccccn1.[c-]1nccn1-c1ccccn1.[c-]1nccn1-c1ccccn1. The molecular formula is C33H45IrN9Y3-3. The van der Waals surface area contributed by atoms with Gasteiger partial charge in [-0.25, -0.2) is 0 Å². The smallest absolute Gasteiger partial charge is 0.418 e. The molecule has 6 rings (SSSR count). The van der Waals surface area contributed by atoms with Crippen LogP contribution in [0.3, 0.4) is 0 Å². The maximum atomic E-state index is 4.11. The Bertz CT molecular complexity index is 1130. The van der Waals surface area contributed by atoms with Crippen LogP contribution in [0.25, 0.3) is 17.5 Å². The van der Waals surface area contributed by atoms with Gasteiger partial charge in [0.15, 0.2) is 0 Å². The number of rotatable bonds is 3. The number of aromatic nitrogens is 9. The molecule has 0 bridgehead atoms. The van der Waals surface area contributed by atoms with Gasteiger partial charge >= 0.3 is 20.1 Å². The molecule has 6 aromatic heterocycles. The predicted octanol–water partition coefficient (Wildman–Crippen LogP) is 7.62. The number of imidazole rings is 3. The Kier molecular flexibility index (Phi) is 55.2. The third-order valence-electron chi connectivity index (χ3n) is 4.06. The van der Waals surface area contributed by atoms with Crippen molar-refractivity contribution < 1.29 is 118 Å². The van der Waals surface area contributed by atoms with Crippen molar-refractivity contribution in [2.75, 3.05) is 0 Å². The van der Waals surface area contributed by atoms with Crippen LogP contribution in [-0.2, 0) is 118 Å². The summed E-state index contributed by atoms with van der Waals surface area (Å²) in [7, 11) is 0. The molecule has 3 radical (unpaired) electrons. The maximum absolute atomic E-state index is 4.11. The van der Waals surface area contributed by atoms with Crippen LogP contribution < -0.4 is 0 Å². The number of hydrogen-bond donors (Lipinski definition) is 0. The van der Waals surface area contributed by atoms with Crippen LogP contribution in [0, 0.1) is 41.3 Å². The molecule has 6 heterocycles. The van der Waals surface area contributed by atoms with Crippen molar-refractivity contribution in [1.29, 1.82) is 0 Å². The molecule has 0 atom stereocenters. The van der Waals surface area contributed by atoms with E-state index in [1.54, 1.807) is 50.9 Å². The van der Waals surface area contributed by atoms with E-state index in [1.165, 1.54) is 0 Å². The summed E-state index contributed by atoms with van der Waals surface area (Å²) in [5, 5.41) is 0. The summed E-state index contributed by atoms with van der Waals surface area (Å²) >= 11 is 0. The average Bonchev–Trinajstić information content (AvgIpc) is 3.87. The van der Waals surface area contributed by atoms with E-state index < -0.39 is 0 Å². The molecule has 0 spiro atoms. The molecule has 0 amide bonds. The maximum Gasteiger partial charge on any atom is 3.00 e. The minimum atomic E-state index is 0. The predicted molar refractivity (Wildman–Crippen MR) is 174 cm³/mol. The van der Waals surface area contributed by atoms with E-state index in [0.29, 0.717) is 0 Å². The Labute approximate surface area is 367 Å². The van der Waals surface area contributed by atoms with Gasteiger partial charge in [-0.2, -0.15) is 0 Å². The Morgan fingerprint density at radius 2 is 0.652 bits per heavy atom. The van der Waals surface area contributed by atoms with Gasteiger partial charge in [0.1, 0.15) is 0 Å². The second-order valence-corrected chi connectivity index (χ2v) is 6.26. The second-order valence-electron chi connectivity index (χ2n) is 6.26. The molecule has 243 valence electrons. The Balaban J connectivity index is -0.0000000855. The molecule has 0 saturated heterocycles. The molecule has 0 unspecified atom stereocenters. The number of pyridine rings is 3. The van der Waals surface area contributed by atoms with Crippen LogP contribution in [-0.4, -0.2) is 43.6 Å². The van der Waals surface area contributed by atoms with Gasteiger partial charge in [0.25, 0.3) is 0 Å². The summed E-state index contributed by atoms with van der Waals surface area (Å²) in [5.41, 5.74) is 0. The van der Waals surface area contributed by atoms with Gasteiger partial charge in [-0.3, -0.25) is 15.0 Å². The van der Waals surface area contributed by atoms with Gasteiger partial charge in [-0.05, 0) is 18.2 Å². The molecule has 0 aliphatic carbocycles. The molecule has 0 aliphatic heterocycles. The summed E-state index contributed by atoms with van der Waals surface area (Å²) in [4.78, 5) is 23.7.